The number of sulfonamides is 1. The van der Waals surface area contributed by atoms with Gasteiger partial charge in [-0.3, -0.25) is 13.9 Å². The van der Waals surface area contributed by atoms with Crippen LogP contribution in [0.15, 0.2) is 48.5 Å². The summed E-state index contributed by atoms with van der Waals surface area (Å²) in [4.78, 5) is 26.9. The summed E-state index contributed by atoms with van der Waals surface area (Å²) in [6.07, 6.45) is 1.57. The maximum Gasteiger partial charge on any atom is 0.242 e. The van der Waals surface area contributed by atoms with E-state index in [9.17, 15) is 18.0 Å². The van der Waals surface area contributed by atoms with Crippen molar-refractivity contribution in [2.45, 2.75) is 39.3 Å². The van der Waals surface area contributed by atoms with Gasteiger partial charge in [0.15, 0.2) is 0 Å². The highest BCUT2D eigenvalue weighted by molar-refractivity contribution is 7.92. The molecule has 0 aliphatic rings. The molecule has 9 heteroatoms. The van der Waals surface area contributed by atoms with Crippen LogP contribution < -0.4 is 14.4 Å². The second-order valence-corrected chi connectivity index (χ2v) is 9.80. The third kappa shape index (κ3) is 7.21. The van der Waals surface area contributed by atoms with Gasteiger partial charge in [0.1, 0.15) is 11.8 Å². The SMILES string of the molecule is CNC(=O)[C@@H](C)N(Cc1cccc(OC)c1)C(=O)CCCN(c1ccccc1C)S(C)(=O)=O. The van der Waals surface area contributed by atoms with Crippen molar-refractivity contribution < 1.29 is 22.7 Å². The molecule has 0 saturated carbocycles. The van der Waals surface area contributed by atoms with E-state index in [0.717, 1.165) is 17.4 Å². The molecule has 2 aromatic rings. The van der Waals surface area contributed by atoms with Gasteiger partial charge in [0.05, 0.1) is 19.1 Å². The van der Waals surface area contributed by atoms with Crippen molar-refractivity contribution in [1.29, 1.82) is 0 Å². The molecule has 0 fully saturated rings. The van der Waals surface area contributed by atoms with Gasteiger partial charge < -0.3 is 15.0 Å². The second kappa shape index (κ2) is 11.7. The number of rotatable bonds is 11. The Kier molecular flexibility index (Phi) is 9.28. The highest BCUT2D eigenvalue weighted by Crippen LogP contribution is 2.23. The maximum atomic E-state index is 13.1. The van der Waals surface area contributed by atoms with Gasteiger partial charge in [-0.25, -0.2) is 8.42 Å². The van der Waals surface area contributed by atoms with Gasteiger partial charge in [-0.1, -0.05) is 30.3 Å². The van der Waals surface area contributed by atoms with Crippen LogP contribution in [-0.2, 0) is 26.2 Å². The number of aryl methyl sites for hydroxylation is 1. The van der Waals surface area contributed by atoms with E-state index < -0.39 is 16.1 Å². The Balaban J connectivity index is 2.17. The highest BCUT2D eigenvalue weighted by atomic mass is 32.2. The summed E-state index contributed by atoms with van der Waals surface area (Å²) >= 11 is 0. The minimum Gasteiger partial charge on any atom is -0.497 e. The number of amides is 2. The van der Waals surface area contributed by atoms with Crippen LogP contribution in [0.4, 0.5) is 5.69 Å². The number of hydrogen-bond donors (Lipinski definition) is 1. The number of nitrogens with zero attached hydrogens (tertiary/aromatic N) is 2. The predicted octanol–water partition coefficient (Wildman–Crippen LogP) is 2.71. The molecule has 0 bridgehead atoms. The molecule has 0 aliphatic heterocycles. The van der Waals surface area contributed by atoms with E-state index in [1.54, 1.807) is 26.2 Å². The molecule has 0 saturated heterocycles. The minimum absolute atomic E-state index is 0.100. The van der Waals surface area contributed by atoms with E-state index in [1.165, 1.54) is 16.3 Å². The molecule has 0 unspecified atom stereocenters. The fourth-order valence-corrected chi connectivity index (χ4v) is 4.61. The number of methoxy groups -OCH3 is 1. The van der Waals surface area contributed by atoms with Crippen molar-refractivity contribution in [1.82, 2.24) is 10.2 Å². The molecule has 2 amide bonds. The summed E-state index contributed by atoms with van der Waals surface area (Å²) in [6, 6.07) is 13.9. The lowest BCUT2D eigenvalue weighted by atomic mass is 10.1. The number of carbonyl (C=O) groups is 2. The van der Waals surface area contributed by atoms with E-state index in [4.69, 9.17) is 4.74 Å². The van der Waals surface area contributed by atoms with Crippen molar-refractivity contribution in [2.24, 2.45) is 0 Å². The molecule has 0 aliphatic carbocycles. The number of likely N-dealkylation sites (N-methyl/N-ethyl adjacent to an activating group) is 1. The van der Waals surface area contributed by atoms with Crippen molar-refractivity contribution in [3.05, 3.63) is 59.7 Å². The average molecular weight is 476 g/mol. The van der Waals surface area contributed by atoms with E-state index in [1.807, 2.05) is 43.3 Å². The molecule has 2 rings (SSSR count). The smallest absolute Gasteiger partial charge is 0.242 e. The first-order valence-corrected chi connectivity index (χ1v) is 12.6. The van der Waals surface area contributed by atoms with E-state index in [2.05, 4.69) is 5.32 Å². The van der Waals surface area contributed by atoms with Crippen LogP contribution in [0.25, 0.3) is 0 Å². The number of ether oxygens (including phenoxy) is 1. The normalized spacial score (nSPS) is 12.0. The minimum atomic E-state index is -3.52. The Morgan fingerprint density at radius 2 is 1.82 bits per heavy atom. The number of para-hydroxylation sites is 1. The standard InChI is InChI=1S/C24H33N3O5S/c1-18-10-6-7-13-22(18)27(33(5,30)31)15-9-14-23(28)26(19(2)24(29)25-3)17-20-11-8-12-21(16-20)32-4/h6-8,10-13,16,19H,9,14-15,17H2,1-5H3,(H,25,29)/t19-/m1/s1. The lowest BCUT2D eigenvalue weighted by Gasteiger charge is -2.29. The Morgan fingerprint density at radius 3 is 2.42 bits per heavy atom. The van der Waals surface area contributed by atoms with Gasteiger partial charge in [0, 0.05) is 26.6 Å². The molecule has 0 radical (unpaired) electrons. The zero-order chi connectivity index (χ0) is 24.6. The number of carbonyl (C=O) groups excluding carboxylic acids is 2. The van der Waals surface area contributed by atoms with Crippen molar-refractivity contribution >= 4 is 27.5 Å². The summed E-state index contributed by atoms with van der Waals surface area (Å²) in [5.41, 5.74) is 2.26. The first-order valence-electron chi connectivity index (χ1n) is 10.8. The molecule has 2 aromatic carbocycles. The summed E-state index contributed by atoms with van der Waals surface area (Å²) < 4.78 is 31.4. The molecule has 1 N–H and O–H groups in total. The average Bonchev–Trinajstić information content (AvgIpc) is 2.79. The fraction of sp³-hybridized carbons (Fsp3) is 0.417. The molecule has 0 spiro atoms. The van der Waals surface area contributed by atoms with Crippen molar-refractivity contribution in [3.8, 4) is 5.75 Å². The zero-order valence-corrected chi connectivity index (χ0v) is 20.7. The van der Waals surface area contributed by atoms with Gasteiger partial charge in [0.2, 0.25) is 21.8 Å². The van der Waals surface area contributed by atoms with E-state index in [0.29, 0.717) is 17.9 Å². The lowest BCUT2D eigenvalue weighted by molar-refractivity contribution is -0.140. The third-order valence-corrected chi connectivity index (χ3v) is 6.62. The fourth-order valence-electron chi connectivity index (χ4n) is 3.58. The van der Waals surface area contributed by atoms with Gasteiger partial charge in [-0.05, 0) is 49.6 Å². The monoisotopic (exact) mass is 475 g/mol. The molecule has 0 heterocycles. The molecule has 1 atom stereocenters. The molecule has 180 valence electrons. The molecule has 33 heavy (non-hydrogen) atoms. The second-order valence-electron chi connectivity index (χ2n) is 7.89. The number of hydrogen-bond acceptors (Lipinski definition) is 5. The Labute approximate surface area is 196 Å². The number of anilines is 1. The summed E-state index contributed by atoms with van der Waals surface area (Å²) in [5.74, 6) is 0.158. The van der Waals surface area contributed by atoms with Gasteiger partial charge in [-0.2, -0.15) is 0 Å². The van der Waals surface area contributed by atoms with Gasteiger partial charge in [-0.15, -0.1) is 0 Å². The summed E-state index contributed by atoms with van der Waals surface area (Å²) in [6.45, 7) is 3.92. The lowest BCUT2D eigenvalue weighted by Crippen LogP contribution is -2.46. The number of nitrogens with one attached hydrogen (secondary N) is 1. The van der Waals surface area contributed by atoms with Crippen LogP contribution in [0.3, 0.4) is 0 Å². The van der Waals surface area contributed by atoms with Gasteiger partial charge >= 0.3 is 0 Å². The van der Waals surface area contributed by atoms with Crippen LogP contribution in [0.2, 0.25) is 0 Å². The zero-order valence-electron chi connectivity index (χ0n) is 19.9. The van der Waals surface area contributed by atoms with Crippen LogP contribution in [0.1, 0.15) is 30.9 Å². The predicted molar refractivity (Wildman–Crippen MR) is 130 cm³/mol. The quantitative estimate of drug-likeness (QED) is 0.539. The third-order valence-electron chi connectivity index (χ3n) is 5.44. The highest BCUT2D eigenvalue weighted by Gasteiger charge is 2.26. The van der Waals surface area contributed by atoms with E-state index >= 15 is 0 Å². The van der Waals surface area contributed by atoms with Crippen LogP contribution in [-0.4, -0.2) is 58.1 Å². The first-order chi connectivity index (χ1) is 15.6. The van der Waals surface area contributed by atoms with Gasteiger partial charge in [0.25, 0.3) is 0 Å². The van der Waals surface area contributed by atoms with Crippen LogP contribution in [0.5, 0.6) is 5.75 Å². The Morgan fingerprint density at radius 1 is 1.12 bits per heavy atom. The Hall–Kier alpha value is -3.07. The van der Waals surface area contributed by atoms with Crippen LogP contribution >= 0.6 is 0 Å². The Bertz CT molecular complexity index is 1070. The summed E-state index contributed by atoms with van der Waals surface area (Å²) in [7, 11) is -0.425. The molecule has 8 nitrogen and oxygen atoms in total. The first kappa shape index (κ1) is 26.2. The molecular formula is C24H33N3O5S. The topological polar surface area (TPSA) is 96.0 Å². The largest absolute Gasteiger partial charge is 0.497 e. The maximum absolute atomic E-state index is 13.1. The van der Waals surface area contributed by atoms with Crippen molar-refractivity contribution in [2.75, 3.05) is 31.3 Å². The van der Waals surface area contributed by atoms with Crippen molar-refractivity contribution in [3.63, 3.8) is 0 Å². The number of benzene rings is 2. The molecule has 0 aromatic heterocycles. The molecular weight excluding hydrogens is 442 g/mol. The van der Waals surface area contributed by atoms with E-state index in [-0.39, 0.29) is 31.3 Å². The summed E-state index contributed by atoms with van der Waals surface area (Å²) in [5, 5.41) is 2.59. The van der Waals surface area contributed by atoms with Crippen LogP contribution in [0, 0.1) is 6.92 Å².